The number of nitrogens with one attached hydrogen (secondary N) is 1. The monoisotopic (exact) mass is 262 g/mol. The van der Waals surface area contributed by atoms with Crippen LogP contribution < -0.4 is 11.1 Å². The summed E-state index contributed by atoms with van der Waals surface area (Å²) < 4.78 is 0. The summed E-state index contributed by atoms with van der Waals surface area (Å²) in [6, 6.07) is 9.83. The van der Waals surface area contributed by atoms with Crippen LogP contribution in [0.4, 0.5) is 0 Å². The highest BCUT2D eigenvalue weighted by Crippen LogP contribution is 2.21. The van der Waals surface area contributed by atoms with Crippen LogP contribution in [-0.4, -0.2) is 18.5 Å². The zero-order valence-electron chi connectivity index (χ0n) is 12.3. The molecule has 0 fully saturated rings. The Morgan fingerprint density at radius 2 is 1.95 bits per heavy atom. The van der Waals surface area contributed by atoms with E-state index in [1.54, 1.807) is 0 Å². The predicted molar refractivity (Wildman–Crippen MR) is 80.0 cm³/mol. The van der Waals surface area contributed by atoms with E-state index in [2.05, 4.69) is 38.2 Å². The summed E-state index contributed by atoms with van der Waals surface area (Å²) in [5.41, 5.74) is 7.00. The van der Waals surface area contributed by atoms with E-state index in [1.807, 2.05) is 18.2 Å². The maximum absolute atomic E-state index is 11.9. The van der Waals surface area contributed by atoms with Crippen molar-refractivity contribution in [3.8, 4) is 0 Å². The molecular formula is C16H26N2O. The Labute approximate surface area is 116 Å². The highest BCUT2D eigenvalue weighted by atomic mass is 16.2. The van der Waals surface area contributed by atoms with Crippen molar-refractivity contribution in [2.24, 2.45) is 5.73 Å². The summed E-state index contributed by atoms with van der Waals surface area (Å²) in [6.45, 7) is 6.96. The number of carbonyl (C=O) groups excluding carboxylic acids is 1. The molecule has 0 aliphatic heterocycles. The van der Waals surface area contributed by atoms with Crippen LogP contribution in [0.5, 0.6) is 0 Å². The van der Waals surface area contributed by atoms with Gasteiger partial charge in [-0.1, -0.05) is 63.9 Å². The highest BCUT2D eigenvalue weighted by molar-refractivity contribution is 5.81. The van der Waals surface area contributed by atoms with Gasteiger partial charge in [0.2, 0.25) is 5.91 Å². The minimum absolute atomic E-state index is 0.0440. The van der Waals surface area contributed by atoms with E-state index >= 15 is 0 Å². The molecule has 1 amide bonds. The molecule has 0 saturated carbocycles. The molecule has 0 heterocycles. The van der Waals surface area contributed by atoms with E-state index in [0.717, 1.165) is 19.3 Å². The third-order valence-corrected chi connectivity index (χ3v) is 3.47. The van der Waals surface area contributed by atoms with Gasteiger partial charge in [-0.25, -0.2) is 0 Å². The topological polar surface area (TPSA) is 55.1 Å². The fourth-order valence-electron chi connectivity index (χ4n) is 1.99. The summed E-state index contributed by atoms with van der Waals surface area (Å²) in [5, 5.41) is 2.97. The lowest BCUT2D eigenvalue weighted by molar-refractivity contribution is -0.122. The molecule has 1 aromatic carbocycles. The summed E-state index contributed by atoms with van der Waals surface area (Å²) in [7, 11) is 0. The molecule has 0 aliphatic rings. The number of hydrogen-bond donors (Lipinski definition) is 2. The van der Waals surface area contributed by atoms with Gasteiger partial charge in [0.05, 0.1) is 6.04 Å². The van der Waals surface area contributed by atoms with Gasteiger partial charge in [-0.15, -0.1) is 0 Å². The first kappa shape index (κ1) is 15.7. The van der Waals surface area contributed by atoms with Gasteiger partial charge in [0, 0.05) is 12.0 Å². The van der Waals surface area contributed by atoms with Crippen LogP contribution in [-0.2, 0) is 10.2 Å². The molecule has 1 unspecified atom stereocenters. The molecule has 0 spiro atoms. The third kappa shape index (κ3) is 5.03. The largest absolute Gasteiger partial charge is 0.354 e. The van der Waals surface area contributed by atoms with Crippen molar-refractivity contribution in [3.05, 3.63) is 35.9 Å². The molecule has 3 heteroatoms. The van der Waals surface area contributed by atoms with Gasteiger partial charge in [0.1, 0.15) is 0 Å². The quantitative estimate of drug-likeness (QED) is 0.793. The van der Waals surface area contributed by atoms with Crippen LogP contribution in [0.2, 0.25) is 0 Å². The van der Waals surface area contributed by atoms with E-state index in [-0.39, 0.29) is 17.4 Å². The molecule has 0 radical (unpaired) electrons. The van der Waals surface area contributed by atoms with Crippen molar-refractivity contribution >= 4 is 5.91 Å². The van der Waals surface area contributed by atoms with Gasteiger partial charge in [0.25, 0.3) is 0 Å². The Hall–Kier alpha value is -1.35. The van der Waals surface area contributed by atoms with Gasteiger partial charge in [0.15, 0.2) is 0 Å². The maximum Gasteiger partial charge on any atom is 0.236 e. The second kappa shape index (κ2) is 7.29. The predicted octanol–water partition coefficient (Wildman–Crippen LogP) is 2.60. The van der Waals surface area contributed by atoms with Gasteiger partial charge in [-0.3, -0.25) is 4.79 Å². The average Bonchev–Trinajstić information content (AvgIpc) is 2.43. The van der Waals surface area contributed by atoms with E-state index in [1.165, 1.54) is 5.56 Å². The van der Waals surface area contributed by atoms with Crippen molar-refractivity contribution < 1.29 is 4.79 Å². The zero-order chi connectivity index (χ0) is 14.3. The lowest BCUT2D eigenvalue weighted by atomic mass is 9.84. The van der Waals surface area contributed by atoms with Gasteiger partial charge < -0.3 is 11.1 Å². The molecule has 3 nitrogen and oxygen atoms in total. The molecule has 1 rings (SSSR count). The van der Waals surface area contributed by atoms with Crippen LogP contribution in [0.15, 0.2) is 30.3 Å². The van der Waals surface area contributed by atoms with Crippen LogP contribution in [0.3, 0.4) is 0 Å². The summed E-state index contributed by atoms with van der Waals surface area (Å²) in [5.74, 6) is -0.0440. The zero-order valence-corrected chi connectivity index (χ0v) is 12.3. The number of benzene rings is 1. The van der Waals surface area contributed by atoms with Crippen molar-refractivity contribution in [3.63, 3.8) is 0 Å². The smallest absolute Gasteiger partial charge is 0.236 e. The Kier molecular flexibility index (Phi) is 6.03. The number of nitrogens with two attached hydrogens (primary N) is 1. The molecule has 3 N–H and O–H groups in total. The number of carbonyl (C=O) groups is 1. The van der Waals surface area contributed by atoms with E-state index in [9.17, 15) is 4.79 Å². The maximum atomic E-state index is 11.9. The Morgan fingerprint density at radius 3 is 2.53 bits per heavy atom. The average molecular weight is 262 g/mol. The molecule has 0 bridgehead atoms. The second-order valence-corrected chi connectivity index (χ2v) is 5.72. The molecule has 1 atom stereocenters. The molecule has 1 aromatic rings. The van der Waals surface area contributed by atoms with Gasteiger partial charge in [-0.05, 0) is 12.0 Å². The Morgan fingerprint density at radius 1 is 1.32 bits per heavy atom. The first-order valence-electron chi connectivity index (χ1n) is 7.06. The standard InChI is InChI=1S/C16H26N2O/c1-4-5-11-14(17)15(19)18-12-16(2,3)13-9-7-6-8-10-13/h6-10,14H,4-5,11-12,17H2,1-3H3,(H,18,19). The second-order valence-electron chi connectivity index (χ2n) is 5.72. The highest BCUT2D eigenvalue weighted by Gasteiger charge is 2.22. The first-order valence-corrected chi connectivity index (χ1v) is 7.06. The van der Waals surface area contributed by atoms with Crippen LogP contribution in [0.25, 0.3) is 0 Å². The van der Waals surface area contributed by atoms with Crippen molar-refractivity contribution in [1.82, 2.24) is 5.32 Å². The SMILES string of the molecule is CCCCC(N)C(=O)NCC(C)(C)c1ccccc1. The Balaban J connectivity index is 2.49. The minimum Gasteiger partial charge on any atom is -0.354 e. The normalized spacial score (nSPS) is 13.1. The summed E-state index contributed by atoms with van der Waals surface area (Å²) in [6.07, 6.45) is 2.82. The Bertz CT molecular complexity index is 387. The van der Waals surface area contributed by atoms with Crippen LogP contribution in [0, 0.1) is 0 Å². The van der Waals surface area contributed by atoms with Crippen molar-refractivity contribution in [2.75, 3.05) is 6.54 Å². The fraction of sp³-hybridized carbons (Fsp3) is 0.562. The molecule has 106 valence electrons. The minimum atomic E-state index is -0.383. The first-order chi connectivity index (χ1) is 8.97. The summed E-state index contributed by atoms with van der Waals surface area (Å²) >= 11 is 0. The molecule has 0 aliphatic carbocycles. The lowest BCUT2D eigenvalue weighted by Gasteiger charge is -2.26. The fourth-order valence-corrected chi connectivity index (χ4v) is 1.99. The van der Waals surface area contributed by atoms with E-state index in [0.29, 0.717) is 6.54 Å². The van der Waals surface area contributed by atoms with Gasteiger partial charge in [-0.2, -0.15) is 0 Å². The van der Waals surface area contributed by atoms with E-state index in [4.69, 9.17) is 5.73 Å². The number of amides is 1. The third-order valence-electron chi connectivity index (χ3n) is 3.47. The summed E-state index contributed by atoms with van der Waals surface area (Å²) in [4.78, 5) is 11.9. The lowest BCUT2D eigenvalue weighted by Crippen LogP contribution is -2.45. The number of hydrogen-bond acceptors (Lipinski definition) is 2. The van der Waals surface area contributed by atoms with Crippen molar-refractivity contribution in [2.45, 2.75) is 51.5 Å². The van der Waals surface area contributed by atoms with E-state index < -0.39 is 0 Å². The van der Waals surface area contributed by atoms with Crippen LogP contribution in [0.1, 0.15) is 45.6 Å². The number of rotatable bonds is 7. The molecule has 0 aromatic heterocycles. The number of unbranched alkanes of at least 4 members (excludes halogenated alkanes) is 1. The molecule has 19 heavy (non-hydrogen) atoms. The van der Waals surface area contributed by atoms with Gasteiger partial charge >= 0.3 is 0 Å². The van der Waals surface area contributed by atoms with Crippen molar-refractivity contribution in [1.29, 1.82) is 0 Å². The van der Waals surface area contributed by atoms with Crippen LogP contribution >= 0.6 is 0 Å². The molecular weight excluding hydrogens is 236 g/mol. The molecule has 0 saturated heterocycles.